The Morgan fingerprint density at radius 1 is 1.04 bits per heavy atom. The van der Waals surface area contributed by atoms with E-state index in [-0.39, 0.29) is 11.8 Å². The fourth-order valence-electron chi connectivity index (χ4n) is 2.64. The summed E-state index contributed by atoms with van der Waals surface area (Å²) in [4.78, 5) is 31.2. The van der Waals surface area contributed by atoms with E-state index < -0.39 is 0 Å². The predicted molar refractivity (Wildman–Crippen MR) is 91.7 cm³/mol. The molecule has 0 spiro atoms. The Kier molecular flexibility index (Phi) is 3.54. The third-order valence-electron chi connectivity index (χ3n) is 4.15. The topological polar surface area (TPSA) is 72.0 Å². The number of pyridine rings is 2. The van der Waals surface area contributed by atoms with Gasteiger partial charge in [-0.3, -0.25) is 14.6 Å². The Bertz CT molecular complexity index is 948. The number of nitrogens with zero attached hydrogens (tertiary/aromatic N) is 2. The van der Waals surface area contributed by atoms with Crippen LogP contribution in [0.5, 0.6) is 0 Å². The fraction of sp³-hybridized carbons (Fsp3) is 0.158. The minimum Gasteiger partial charge on any atom is -0.310 e. The molecule has 1 fully saturated rings. The first-order valence-electron chi connectivity index (χ1n) is 7.84. The zero-order valence-electron chi connectivity index (χ0n) is 12.9. The van der Waals surface area contributed by atoms with Gasteiger partial charge in [-0.1, -0.05) is 12.1 Å². The van der Waals surface area contributed by atoms with Crippen molar-refractivity contribution < 1.29 is 9.59 Å². The summed E-state index contributed by atoms with van der Waals surface area (Å²) in [6.45, 7) is 0. The van der Waals surface area contributed by atoms with Gasteiger partial charge in [-0.15, -0.1) is 0 Å². The van der Waals surface area contributed by atoms with Crippen LogP contribution in [0.4, 0.5) is 5.82 Å². The number of carbonyl (C=O) groups is 2. The molecule has 0 bridgehead atoms. The maximum absolute atomic E-state index is 11.9. The molecule has 0 radical (unpaired) electrons. The maximum Gasteiger partial charge on any atom is 0.228 e. The van der Waals surface area contributed by atoms with E-state index in [2.05, 4.69) is 15.3 Å². The van der Waals surface area contributed by atoms with E-state index in [1.807, 2.05) is 24.3 Å². The number of aldehydes is 1. The van der Waals surface area contributed by atoms with E-state index in [0.717, 1.165) is 41.0 Å². The van der Waals surface area contributed by atoms with E-state index in [1.165, 1.54) is 6.20 Å². The molecule has 1 N–H and O–H groups in total. The number of fused-ring (bicyclic) bond motifs is 1. The number of benzene rings is 1. The van der Waals surface area contributed by atoms with Gasteiger partial charge in [0.15, 0.2) is 6.29 Å². The smallest absolute Gasteiger partial charge is 0.228 e. The molecule has 118 valence electrons. The zero-order valence-corrected chi connectivity index (χ0v) is 12.9. The first kappa shape index (κ1) is 14.5. The number of nitrogens with one attached hydrogen (secondary N) is 1. The molecule has 2 heterocycles. The average molecular weight is 317 g/mol. The van der Waals surface area contributed by atoms with Crippen LogP contribution in [0.3, 0.4) is 0 Å². The lowest BCUT2D eigenvalue weighted by Gasteiger charge is -2.07. The average Bonchev–Trinajstić information content (AvgIpc) is 3.46. The first-order valence-corrected chi connectivity index (χ1v) is 7.84. The van der Waals surface area contributed by atoms with Crippen LogP contribution in [-0.2, 0) is 4.79 Å². The van der Waals surface area contributed by atoms with Gasteiger partial charge in [0.2, 0.25) is 5.91 Å². The molecule has 5 nitrogen and oxygen atoms in total. The summed E-state index contributed by atoms with van der Waals surface area (Å²) >= 11 is 0. The van der Waals surface area contributed by atoms with Gasteiger partial charge in [0.05, 0.1) is 0 Å². The van der Waals surface area contributed by atoms with Crippen LogP contribution in [0, 0.1) is 5.92 Å². The largest absolute Gasteiger partial charge is 0.310 e. The molecule has 1 aliphatic rings. The van der Waals surface area contributed by atoms with E-state index in [9.17, 15) is 9.59 Å². The fourth-order valence-corrected chi connectivity index (χ4v) is 2.64. The summed E-state index contributed by atoms with van der Waals surface area (Å²) in [7, 11) is 0. The second-order valence-electron chi connectivity index (χ2n) is 6.02. The lowest BCUT2D eigenvalue weighted by molar-refractivity contribution is -0.117. The third-order valence-corrected chi connectivity index (χ3v) is 4.15. The summed E-state index contributed by atoms with van der Waals surface area (Å²) in [5.41, 5.74) is 2.38. The maximum atomic E-state index is 11.9. The van der Waals surface area contributed by atoms with Gasteiger partial charge in [-0.05, 0) is 42.0 Å². The molecule has 24 heavy (non-hydrogen) atoms. The normalized spacial score (nSPS) is 13.7. The molecule has 4 rings (SSSR count). The van der Waals surface area contributed by atoms with Gasteiger partial charge in [-0.2, -0.15) is 0 Å². The molecule has 0 saturated heterocycles. The zero-order chi connectivity index (χ0) is 16.5. The molecule has 1 saturated carbocycles. The van der Waals surface area contributed by atoms with Crippen LogP contribution in [0.2, 0.25) is 0 Å². The Hall–Kier alpha value is -3.08. The molecule has 1 amide bonds. The van der Waals surface area contributed by atoms with Crippen LogP contribution < -0.4 is 5.32 Å². The van der Waals surface area contributed by atoms with Crippen LogP contribution >= 0.6 is 0 Å². The highest BCUT2D eigenvalue weighted by atomic mass is 16.2. The van der Waals surface area contributed by atoms with Crippen LogP contribution in [0.1, 0.15) is 23.2 Å². The Morgan fingerprint density at radius 2 is 1.92 bits per heavy atom. The van der Waals surface area contributed by atoms with Crippen molar-refractivity contribution in [3.05, 3.63) is 54.5 Å². The van der Waals surface area contributed by atoms with Gasteiger partial charge in [0, 0.05) is 41.0 Å². The highest BCUT2D eigenvalue weighted by Crippen LogP contribution is 2.30. The number of aromatic nitrogens is 2. The van der Waals surface area contributed by atoms with Crippen molar-refractivity contribution in [2.24, 2.45) is 5.92 Å². The monoisotopic (exact) mass is 317 g/mol. The van der Waals surface area contributed by atoms with Crippen molar-refractivity contribution >= 4 is 28.8 Å². The van der Waals surface area contributed by atoms with Gasteiger partial charge in [0.25, 0.3) is 0 Å². The lowest BCUT2D eigenvalue weighted by atomic mass is 10.0. The van der Waals surface area contributed by atoms with Gasteiger partial charge in [0.1, 0.15) is 5.82 Å². The summed E-state index contributed by atoms with van der Waals surface area (Å²) in [5, 5.41) is 4.83. The first-order chi connectivity index (χ1) is 11.7. The Labute approximate surface area is 138 Å². The molecular formula is C19H15N3O2. The molecule has 0 atom stereocenters. The summed E-state index contributed by atoms with van der Waals surface area (Å²) in [6.07, 6.45) is 7.72. The predicted octanol–water partition coefficient (Wildman–Crippen LogP) is 3.46. The van der Waals surface area contributed by atoms with E-state index >= 15 is 0 Å². The second kappa shape index (κ2) is 5.85. The van der Waals surface area contributed by atoms with Crippen molar-refractivity contribution in [3.8, 4) is 11.1 Å². The van der Waals surface area contributed by atoms with Crippen LogP contribution in [0.25, 0.3) is 21.9 Å². The lowest BCUT2D eigenvalue weighted by Crippen LogP contribution is -2.14. The van der Waals surface area contributed by atoms with Crippen molar-refractivity contribution in [1.82, 2.24) is 9.97 Å². The van der Waals surface area contributed by atoms with E-state index in [0.29, 0.717) is 11.4 Å². The number of anilines is 1. The number of carbonyl (C=O) groups excluding carboxylic acids is 2. The van der Waals surface area contributed by atoms with Crippen molar-refractivity contribution in [2.45, 2.75) is 12.8 Å². The summed E-state index contributed by atoms with van der Waals surface area (Å²) in [5.74, 6) is 0.753. The molecule has 1 aliphatic carbocycles. The highest BCUT2D eigenvalue weighted by Gasteiger charge is 2.29. The molecule has 5 heteroatoms. The summed E-state index contributed by atoms with van der Waals surface area (Å²) < 4.78 is 0. The van der Waals surface area contributed by atoms with E-state index in [4.69, 9.17) is 0 Å². The Morgan fingerprint density at radius 3 is 2.71 bits per heavy atom. The SMILES string of the molecule is O=Cc1cncc(-c2ccc3cnc(NC(=O)C4CC4)cc3c2)c1. The summed E-state index contributed by atoms with van der Waals surface area (Å²) in [6, 6.07) is 9.62. The highest BCUT2D eigenvalue weighted by molar-refractivity contribution is 5.96. The minimum atomic E-state index is 0.0425. The number of hydrogen-bond donors (Lipinski definition) is 1. The number of hydrogen-bond acceptors (Lipinski definition) is 4. The Balaban J connectivity index is 1.69. The molecule has 0 unspecified atom stereocenters. The standard InChI is InChI=1S/C19H15N3O2/c23-11-12-5-17(9-20-8-12)14-3-4-15-10-21-18(7-16(15)6-14)22-19(24)13-1-2-13/h3-11,13H,1-2H2,(H,21,22,24). The minimum absolute atomic E-state index is 0.0425. The van der Waals surface area contributed by atoms with Gasteiger partial charge < -0.3 is 5.32 Å². The number of rotatable bonds is 4. The molecule has 2 aromatic heterocycles. The second-order valence-corrected chi connectivity index (χ2v) is 6.02. The molecular weight excluding hydrogens is 302 g/mol. The van der Waals surface area contributed by atoms with Crippen LogP contribution in [0.15, 0.2) is 48.9 Å². The quantitative estimate of drug-likeness (QED) is 0.748. The van der Waals surface area contributed by atoms with Gasteiger partial charge in [-0.25, -0.2) is 4.98 Å². The number of amides is 1. The van der Waals surface area contributed by atoms with Gasteiger partial charge >= 0.3 is 0 Å². The molecule has 3 aromatic rings. The van der Waals surface area contributed by atoms with Crippen LogP contribution in [-0.4, -0.2) is 22.2 Å². The molecule has 0 aliphatic heterocycles. The van der Waals surface area contributed by atoms with E-state index in [1.54, 1.807) is 18.5 Å². The van der Waals surface area contributed by atoms with Crippen molar-refractivity contribution in [2.75, 3.05) is 5.32 Å². The van der Waals surface area contributed by atoms with Crippen molar-refractivity contribution in [3.63, 3.8) is 0 Å². The third kappa shape index (κ3) is 2.88. The molecule has 1 aromatic carbocycles. The van der Waals surface area contributed by atoms with Crippen molar-refractivity contribution in [1.29, 1.82) is 0 Å².